The van der Waals surface area contributed by atoms with Crippen LogP contribution in [0.4, 0.5) is 5.13 Å². The Morgan fingerprint density at radius 1 is 1.20 bits per heavy atom. The second kappa shape index (κ2) is 9.45. The number of benzene rings is 1. The maximum Gasteiger partial charge on any atom is 0.311 e. The normalized spacial score (nSPS) is 10.6. The van der Waals surface area contributed by atoms with Gasteiger partial charge in [-0.3, -0.25) is 14.4 Å². The SMILES string of the molecule is CCOC(=O)Cc1csc(NC(=O)Cn2nc(-c3cc(C)ccc3C)ccc2=O)n1. The van der Waals surface area contributed by atoms with Crippen molar-refractivity contribution in [3.05, 3.63) is 62.9 Å². The Morgan fingerprint density at radius 3 is 2.77 bits per heavy atom. The van der Waals surface area contributed by atoms with Crippen molar-refractivity contribution in [2.24, 2.45) is 0 Å². The molecule has 3 rings (SSSR count). The Hall–Kier alpha value is -3.33. The van der Waals surface area contributed by atoms with Gasteiger partial charge in [-0.05, 0) is 38.5 Å². The van der Waals surface area contributed by atoms with Gasteiger partial charge in [0, 0.05) is 17.0 Å². The van der Waals surface area contributed by atoms with Crippen LogP contribution in [0.25, 0.3) is 11.3 Å². The zero-order valence-electron chi connectivity index (χ0n) is 17.0. The van der Waals surface area contributed by atoms with Crippen molar-refractivity contribution in [3.8, 4) is 11.3 Å². The molecular formula is C21H22N4O4S. The van der Waals surface area contributed by atoms with Crippen LogP contribution in [0, 0.1) is 13.8 Å². The van der Waals surface area contributed by atoms with E-state index in [0.29, 0.717) is 23.1 Å². The molecule has 0 saturated heterocycles. The van der Waals surface area contributed by atoms with Crippen molar-refractivity contribution >= 4 is 28.3 Å². The predicted molar refractivity (Wildman–Crippen MR) is 114 cm³/mol. The molecule has 8 nitrogen and oxygen atoms in total. The van der Waals surface area contributed by atoms with E-state index in [1.165, 1.54) is 17.4 Å². The highest BCUT2D eigenvalue weighted by atomic mass is 32.1. The first-order chi connectivity index (χ1) is 14.4. The minimum atomic E-state index is -0.431. The molecule has 0 bridgehead atoms. The van der Waals surface area contributed by atoms with Gasteiger partial charge in [-0.15, -0.1) is 11.3 Å². The van der Waals surface area contributed by atoms with E-state index in [4.69, 9.17) is 4.74 Å². The van der Waals surface area contributed by atoms with Crippen LogP contribution in [-0.2, 0) is 27.3 Å². The quantitative estimate of drug-likeness (QED) is 0.583. The van der Waals surface area contributed by atoms with Crippen LogP contribution in [0.5, 0.6) is 0 Å². The summed E-state index contributed by atoms with van der Waals surface area (Å²) in [7, 11) is 0. The minimum Gasteiger partial charge on any atom is -0.466 e. The van der Waals surface area contributed by atoms with Crippen LogP contribution in [0.1, 0.15) is 23.7 Å². The summed E-state index contributed by atoms with van der Waals surface area (Å²) < 4.78 is 6.01. The van der Waals surface area contributed by atoms with E-state index in [2.05, 4.69) is 15.4 Å². The highest BCUT2D eigenvalue weighted by Crippen LogP contribution is 2.21. The number of rotatable bonds is 7. The predicted octanol–water partition coefficient (Wildman–Crippen LogP) is 2.73. The third-order valence-electron chi connectivity index (χ3n) is 4.26. The lowest BCUT2D eigenvalue weighted by Gasteiger charge is -2.09. The van der Waals surface area contributed by atoms with Crippen molar-refractivity contribution in [2.75, 3.05) is 11.9 Å². The number of thiazole rings is 1. The van der Waals surface area contributed by atoms with Crippen LogP contribution in [0.3, 0.4) is 0 Å². The number of anilines is 1. The number of hydrogen-bond donors (Lipinski definition) is 1. The lowest BCUT2D eigenvalue weighted by Crippen LogP contribution is -2.29. The molecule has 0 unspecified atom stereocenters. The first-order valence-corrected chi connectivity index (χ1v) is 10.3. The Balaban J connectivity index is 1.71. The highest BCUT2D eigenvalue weighted by molar-refractivity contribution is 7.13. The van der Waals surface area contributed by atoms with E-state index in [1.54, 1.807) is 18.4 Å². The molecule has 0 spiro atoms. The van der Waals surface area contributed by atoms with Crippen LogP contribution < -0.4 is 10.9 Å². The number of ether oxygens (including phenoxy) is 1. The number of esters is 1. The number of nitrogens with one attached hydrogen (secondary N) is 1. The van der Waals surface area contributed by atoms with Gasteiger partial charge in [-0.25, -0.2) is 9.67 Å². The first kappa shape index (κ1) is 21.4. The smallest absolute Gasteiger partial charge is 0.311 e. The molecule has 0 aliphatic rings. The van der Waals surface area contributed by atoms with Gasteiger partial charge >= 0.3 is 5.97 Å². The zero-order chi connectivity index (χ0) is 21.7. The van der Waals surface area contributed by atoms with E-state index in [-0.39, 0.29) is 24.5 Å². The van der Waals surface area contributed by atoms with Crippen molar-refractivity contribution in [1.82, 2.24) is 14.8 Å². The summed E-state index contributed by atoms with van der Waals surface area (Å²) in [4.78, 5) is 40.3. The number of aryl methyl sites for hydroxylation is 2. The van der Waals surface area contributed by atoms with Crippen molar-refractivity contribution < 1.29 is 14.3 Å². The van der Waals surface area contributed by atoms with Gasteiger partial charge in [-0.2, -0.15) is 5.10 Å². The second-order valence-electron chi connectivity index (χ2n) is 6.71. The molecule has 0 aliphatic carbocycles. The van der Waals surface area contributed by atoms with Crippen LogP contribution >= 0.6 is 11.3 Å². The molecule has 1 aromatic carbocycles. The fourth-order valence-electron chi connectivity index (χ4n) is 2.82. The van der Waals surface area contributed by atoms with Gasteiger partial charge in [0.25, 0.3) is 5.56 Å². The number of aromatic nitrogens is 3. The van der Waals surface area contributed by atoms with Gasteiger partial charge in [0.2, 0.25) is 5.91 Å². The highest BCUT2D eigenvalue weighted by Gasteiger charge is 2.13. The van der Waals surface area contributed by atoms with Gasteiger partial charge in [0.15, 0.2) is 5.13 Å². The van der Waals surface area contributed by atoms with Crippen LogP contribution in [0.15, 0.2) is 40.5 Å². The third kappa shape index (κ3) is 5.38. The molecule has 0 saturated carbocycles. The molecule has 0 fully saturated rings. The average molecular weight is 426 g/mol. The monoisotopic (exact) mass is 426 g/mol. The third-order valence-corrected chi connectivity index (χ3v) is 5.06. The lowest BCUT2D eigenvalue weighted by molar-refractivity contribution is -0.142. The minimum absolute atomic E-state index is 0.0408. The molecule has 2 heterocycles. The van der Waals surface area contributed by atoms with Crippen molar-refractivity contribution in [1.29, 1.82) is 0 Å². The lowest BCUT2D eigenvalue weighted by atomic mass is 10.0. The standard InChI is InChI=1S/C21H22N4O4S/c1-4-29-20(28)10-15-12-30-21(22-15)23-18(26)11-25-19(27)8-7-17(24-25)16-9-13(2)5-6-14(16)3/h5-9,12H,4,10-11H2,1-3H3,(H,22,23,26). The summed E-state index contributed by atoms with van der Waals surface area (Å²) in [5.74, 6) is -0.806. The number of carbonyl (C=O) groups excluding carboxylic acids is 2. The summed E-state index contributed by atoms with van der Waals surface area (Å²) in [6, 6.07) is 9.05. The first-order valence-electron chi connectivity index (χ1n) is 9.41. The number of amides is 1. The van der Waals surface area contributed by atoms with Crippen LogP contribution in [0.2, 0.25) is 0 Å². The number of hydrogen-bond acceptors (Lipinski definition) is 7. The maximum absolute atomic E-state index is 12.4. The number of carbonyl (C=O) groups is 2. The molecule has 9 heteroatoms. The van der Waals surface area contributed by atoms with Gasteiger partial charge in [-0.1, -0.05) is 17.7 Å². The van der Waals surface area contributed by atoms with E-state index in [1.807, 2.05) is 32.0 Å². The van der Waals surface area contributed by atoms with Crippen LogP contribution in [-0.4, -0.2) is 33.2 Å². The maximum atomic E-state index is 12.4. The zero-order valence-corrected chi connectivity index (χ0v) is 17.8. The van der Waals surface area contributed by atoms with Gasteiger partial charge < -0.3 is 10.1 Å². The van der Waals surface area contributed by atoms with Gasteiger partial charge in [0.05, 0.1) is 24.4 Å². The molecule has 2 aromatic heterocycles. The Kier molecular flexibility index (Phi) is 6.73. The van der Waals surface area contributed by atoms with Gasteiger partial charge in [0.1, 0.15) is 6.54 Å². The Bertz CT molecular complexity index is 1140. The van der Waals surface area contributed by atoms with Crippen molar-refractivity contribution in [2.45, 2.75) is 33.7 Å². The summed E-state index contributed by atoms with van der Waals surface area (Å²) in [5, 5.41) is 9.02. The average Bonchev–Trinajstić information content (AvgIpc) is 3.12. The summed E-state index contributed by atoms with van der Waals surface area (Å²) in [6.45, 7) is 5.74. The number of nitrogens with zero attached hydrogens (tertiary/aromatic N) is 3. The van der Waals surface area contributed by atoms with E-state index >= 15 is 0 Å². The summed E-state index contributed by atoms with van der Waals surface area (Å²) >= 11 is 1.20. The molecule has 0 aliphatic heterocycles. The van der Waals surface area contributed by atoms with E-state index in [9.17, 15) is 14.4 Å². The second-order valence-corrected chi connectivity index (χ2v) is 7.56. The molecular weight excluding hydrogens is 404 g/mol. The van der Waals surface area contributed by atoms with E-state index in [0.717, 1.165) is 21.4 Å². The molecule has 30 heavy (non-hydrogen) atoms. The summed E-state index contributed by atoms with van der Waals surface area (Å²) in [5.41, 5.74) is 3.78. The molecule has 156 valence electrons. The molecule has 0 radical (unpaired) electrons. The van der Waals surface area contributed by atoms with Crippen molar-refractivity contribution in [3.63, 3.8) is 0 Å². The molecule has 1 amide bonds. The molecule has 1 N–H and O–H groups in total. The summed E-state index contributed by atoms with van der Waals surface area (Å²) in [6.07, 6.45) is 0.0408. The Labute approximate surface area is 177 Å². The topological polar surface area (TPSA) is 103 Å². The fraction of sp³-hybridized carbons (Fsp3) is 0.286. The molecule has 3 aromatic rings. The Morgan fingerprint density at radius 2 is 2.00 bits per heavy atom. The van der Waals surface area contributed by atoms with E-state index < -0.39 is 5.91 Å². The molecule has 0 atom stereocenters. The fourth-order valence-corrected chi connectivity index (χ4v) is 3.54. The largest absolute Gasteiger partial charge is 0.466 e.